The lowest BCUT2D eigenvalue weighted by atomic mass is 10.3. The molecule has 0 aromatic carbocycles. The predicted molar refractivity (Wildman–Crippen MR) is 115 cm³/mol. The van der Waals surface area contributed by atoms with Crippen molar-refractivity contribution in [3.63, 3.8) is 0 Å². The van der Waals surface area contributed by atoms with Gasteiger partial charge < -0.3 is 10.6 Å². The summed E-state index contributed by atoms with van der Waals surface area (Å²) < 4.78 is 6.50. The predicted octanol–water partition coefficient (Wildman–Crippen LogP) is 0.852. The molecule has 166 valence electrons. The molecule has 32 heavy (non-hydrogen) atoms. The average Bonchev–Trinajstić information content (AvgIpc) is 3.51. The zero-order valence-corrected chi connectivity index (χ0v) is 18.3. The van der Waals surface area contributed by atoms with Crippen LogP contribution in [0, 0.1) is 13.8 Å². The van der Waals surface area contributed by atoms with E-state index in [-0.39, 0.29) is 17.3 Å². The van der Waals surface area contributed by atoms with Gasteiger partial charge in [-0.3, -0.25) is 23.6 Å². The number of nitrogens with one attached hydrogen (secondary N) is 2. The highest BCUT2D eigenvalue weighted by Crippen LogP contribution is 2.15. The van der Waals surface area contributed by atoms with Crippen molar-refractivity contribution in [2.45, 2.75) is 27.1 Å². The topological polar surface area (TPSA) is 129 Å². The summed E-state index contributed by atoms with van der Waals surface area (Å²) in [7, 11) is 3.44. The number of anilines is 1. The molecule has 0 fully saturated rings. The van der Waals surface area contributed by atoms with E-state index in [1.54, 1.807) is 46.6 Å². The molecule has 4 heterocycles. The molecule has 0 aliphatic carbocycles. The van der Waals surface area contributed by atoms with E-state index in [2.05, 4.69) is 31.0 Å². The summed E-state index contributed by atoms with van der Waals surface area (Å²) >= 11 is 0. The molecule has 2 amide bonds. The number of hydrogen-bond donors (Lipinski definition) is 2. The Morgan fingerprint density at radius 3 is 2.56 bits per heavy atom. The lowest BCUT2D eigenvalue weighted by molar-refractivity contribution is 0.0942. The van der Waals surface area contributed by atoms with Crippen LogP contribution in [0.1, 0.15) is 37.9 Å². The molecule has 0 aliphatic heterocycles. The Kier molecular flexibility index (Phi) is 5.58. The van der Waals surface area contributed by atoms with Crippen LogP contribution in [0.2, 0.25) is 0 Å². The Balaban J connectivity index is 1.43. The lowest BCUT2D eigenvalue weighted by Gasteiger charge is -2.08. The first kappa shape index (κ1) is 21.0. The van der Waals surface area contributed by atoms with E-state index in [9.17, 15) is 9.59 Å². The first-order chi connectivity index (χ1) is 15.3. The monoisotopic (exact) mass is 436 g/mol. The van der Waals surface area contributed by atoms with Crippen molar-refractivity contribution < 1.29 is 9.59 Å². The largest absolute Gasteiger partial charge is 0.346 e. The number of rotatable bonds is 7. The second kappa shape index (κ2) is 8.49. The molecule has 0 atom stereocenters. The maximum absolute atomic E-state index is 12.7. The van der Waals surface area contributed by atoms with Gasteiger partial charge in [-0.2, -0.15) is 20.4 Å². The summed E-state index contributed by atoms with van der Waals surface area (Å²) in [6.07, 6.45) is 6.63. The van der Waals surface area contributed by atoms with Crippen molar-refractivity contribution in [1.29, 1.82) is 0 Å². The Morgan fingerprint density at radius 2 is 1.88 bits per heavy atom. The molecule has 0 aliphatic rings. The third kappa shape index (κ3) is 4.43. The summed E-state index contributed by atoms with van der Waals surface area (Å²) in [5.41, 5.74) is 3.54. The van der Waals surface area contributed by atoms with Crippen molar-refractivity contribution >= 4 is 17.5 Å². The van der Waals surface area contributed by atoms with Gasteiger partial charge in [-0.1, -0.05) is 0 Å². The Labute approximate surface area is 183 Å². The molecule has 2 N–H and O–H groups in total. The number of nitrogens with zero attached hydrogens (tertiary/aromatic N) is 8. The third-order valence-corrected chi connectivity index (χ3v) is 4.87. The fourth-order valence-electron chi connectivity index (χ4n) is 3.33. The van der Waals surface area contributed by atoms with Gasteiger partial charge in [-0.25, -0.2) is 4.68 Å². The van der Waals surface area contributed by atoms with Crippen LogP contribution in [0.4, 0.5) is 5.69 Å². The SMILES string of the molecule is Cc1cc(C)n(Cn2ccc(C(=O)Nc3cnn(C)c3C(=O)NCc3cnn(C)c3)n2)n1. The highest BCUT2D eigenvalue weighted by molar-refractivity contribution is 6.07. The minimum Gasteiger partial charge on any atom is -0.346 e. The molecule has 0 saturated carbocycles. The standard InChI is InChI=1S/C20H24N10O2/c1-13-7-14(2)30(25-13)12-29-6-5-16(26-29)19(31)24-17-10-23-28(4)18(17)20(32)21-8-15-9-22-27(3)11-15/h5-7,9-11H,8,12H2,1-4H3,(H,21,32)(H,24,31). The molecule has 12 heteroatoms. The number of amides is 2. The molecule has 0 radical (unpaired) electrons. The van der Waals surface area contributed by atoms with Gasteiger partial charge in [-0.05, 0) is 26.0 Å². The minimum atomic E-state index is -0.438. The van der Waals surface area contributed by atoms with Crippen LogP contribution in [0.3, 0.4) is 0 Å². The first-order valence-electron chi connectivity index (χ1n) is 9.93. The second-order valence-electron chi connectivity index (χ2n) is 7.50. The van der Waals surface area contributed by atoms with Crippen LogP contribution in [0.5, 0.6) is 0 Å². The Hall–Kier alpha value is -4.22. The van der Waals surface area contributed by atoms with E-state index in [1.165, 1.54) is 10.9 Å². The van der Waals surface area contributed by atoms with Crippen LogP contribution in [-0.2, 0) is 27.3 Å². The normalized spacial score (nSPS) is 11.0. The van der Waals surface area contributed by atoms with Crippen molar-refractivity contribution in [2.24, 2.45) is 14.1 Å². The van der Waals surface area contributed by atoms with Crippen molar-refractivity contribution in [3.05, 3.63) is 65.3 Å². The van der Waals surface area contributed by atoms with Gasteiger partial charge in [0.15, 0.2) is 5.69 Å². The third-order valence-electron chi connectivity index (χ3n) is 4.87. The van der Waals surface area contributed by atoms with Crippen LogP contribution in [-0.4, -0.2) is 50.9 Å². The second-order valence-corrected chi connectivity index (χ2v) is 7.50. The maximum Gasteiger partial charge on any atom is 0.276 e. The number of carbonyl (C=O) groups is 2. The van der Waals surface area contributed by atoms with Gasteiger partial charge in [0, 0.05) is 44.3 Å². The van der Waals surface area contributed by atoms with Gasteiger partial charge in [0.05, 0.1) is 23.8 Å². The fraction of sp³-hybridized carbons (Fsp3) is 0.300. The lowest BCUT2D eigenvalue weighted by Crippen LogP contribution is -2.26. The smallest absolute Gasteiger partial charge is 0.276 e. The summed E-state index contributed by atoms with van der Waals surface area (Å²) in [6, 6.07) is 3.58. The van der Waals surface area contributed by atoms with Gasteiger partial charge in [0.1, 0.15) is 12.4 Å². The average molecular weight is 436 g/mol. The quantitative estimate of drug-likeness (QED) is 0.442. The molecular formula is C20H24N10O2. The number of aryl methyl sites for hydroxylation is 4. The summed E-state index contributed by atoms with van der Waals surface area (Å²) in [4.78, 5) is 25.4. The molecule has 4 aromatic rings. The molecule has 0 saturated heterocycles. The van der Waals surface area contributed by atoms with Gasteiger partial charge >= 0.3 is 0 Å². The maximum atomic E-state index is 12.7. The van der Waals surface area contributed by atoms with E-state index in [0.29, 0.717) is 18.9 Å². The summed E-state index contributed by atoms with van der Waals surface area (Å²) in [6.45, 7) is 4.58. The highest BCUT2D eigenvalue weighted by atomic mass is 16.2. The molecule has 12 nitrogen and oxygen atoms in total. The molecule has 0 bridgehead atoms. The van der Waals surface area contributed by atoms with E-state index < -0.39 is 5.91 Å². The van der Waals surface area contributed by atoms with Gasteiger partial charge in [0.25, 0.3) is 11.8 Å². The van der Waals surface area contributed by atoms with E-state index in [4.69, 9.17) is 0 Å². The molecule has 4 aromatic heterocycles. The molecular weight excluding hydrogens is 412 g/mol. The zero-order chi connectivity index (χ0) is 22.8. The number of aromatic nitrogens is 8. The highest BCUT2D eigenvalue weighted by Gasteiger charge is 2.20. The number of hydrogen-bond acceptors (Lipinski definition) is 6. The van der Waals surface area contributed by atoms with Crippen LogP contribution < -0.4 is 10.6 Å². The van der Waals surface area contributed by atoms with Crippen molar-refractivity contribution in [3.8, 4) is 0 Å². The molecule has 0 spiro atoms. The van der Waals surface area contributed by atoms with E-state index in [1.807, 2.05) is 26.1 Å². The van der Waals surface area contributed by atoms with Crippen molar-refractivity contribution in [1.82, 2.24) is 44.4 Å². The Bertz CT molecular complexity index is 1280. The molecule has 0 unspecified atom stereocenters. The fourth-order valence-corrected chi connectivity index (χ4v) is 3.33. The van der Waals surface area contributed by atoms with E-state index >= 15 is 0 Å². The van der Waals surface area contributed by atoms with Crippen molar-refractivity contribution in [2.75, 3.05) is 5.32 Å². The zero-order valence-electron chi connectivity index (χ0n) is 18.3. The Morgan fingerprint density at radius 1 is 1.06 bits per heavy atom. The van der Waals surface area contributed by atoms with E-state index in [0.717, 1.165) is 17.0 Å². The van der Waals surface area contributed by atoms with Crippen LogP contribution >= 0.6 is 0 Å². The van der Waals surface area contributed by atoms with Gasteiger partial charge in [0.2, 0.25) is 0 Å². The molecule has 4 rings (SSSR count). The number of carbonyl (C=O) groups excluding carboxylic acids is 2. The first-order valence-corrected chi connectivity index (χ1v) is 9.93. The van der Waals surface area contributed by atoms with Crippen LogP contribution in [0.25, 0.3) is 0 Å². The van der Waals surface area contributed by atoms with Gasteiger partial charge in [-0.15, -0.1) is 0 Å². The summed E-state index contributed by atoms with van der Waals surface area (Å²) in [5, 5.41) is 22.4. The van der Waals surface area contributed by atoms with Crippen LogP contribution in [0.15, 0.2) is 36.9 Å². The summed E-state index contributed by atoms with van der Waals surface area (Å²) in [5.74, 6) is -0.800. The minimum absolute atomic E-state index is 0.220.